The number of morpholine rings is 1. The van der Waals surface area contributed by atoms with Crippen molar-refractivity contribution in [3.63, 3.8) is 0 Å². The number of benzene rings is 3. The Balaban J connectivity index is 1.60. The molecule has 2 aliphatic heterocycles. The SMILES string of the molecule is Cc1ccc([C@@H]2C(=C(O)c3ccc(Cl)cc3)C(=O)C(=O)N2C[C@H](c2ccccc2)N2CCOCC2)cc1. The monoisotopic (exact) mass is 516 g/mol. The summed E-state index contributed by atoms with van der Waals surface area (Å²) in [5.74, 6) is -1.51. The predicted octanol–water partition coefficient (Wildman–Crippen LogP) is 5.14. The van der Waals surface area contributed by atoms with Crippen LogP contribution in [0.2, 0.25) is 5.02 Å². The first-order valence-corrected chi connectivity index (χ1v) is 12.8. The zero-order valence-corrected chi connectivity index (χ0v) is 21.4. The lowest BCUT2D eigenvalue weighted by molar-refractivity contribution is -0.140. The largest absolute Gasteiger partial charge is 0.507 e. The molecule has 1 N–H and O–H groups in total. The van der Waals surface area contributed by atoms with Gasteiger partial charge in [0.05, 0.1) is 30.9 Å². The summed E-state index contributed by atoms with van der Waals surface area (Å²) in [7, 11) is 0. The summed E-state index contributed by atoms with van der Waals surface area (Å²) < 4.78 is 5.58. The lowest BCUT2D eigenvalue weighted by Crippen LogP contribution is -2.45. The van der Waals surface area contributed by atoms with E-state index in [-0.39, 0.29) is 17.4 Å². The van der Waals surface area contributed by atoms with E-state index in [9.17, 15) is 14.7 Å². The number of ether oxygens (including phenoxy) is 1. The smallest absolute Gasteiger partial charge is 0.295 e. The molecule has 2 atom stereocenters. The fraction of sp³-hybridized carbons (Fsp3) is 0.267. The summed E-state index contributed by atoms with van der Waals surface area (Å²) >= 11 is 6.04. The molecule has 2 fully saturated rings. The number of ketones is 1. The lowest BCUT2D eigenvalue weighted by atomic mass is 9.94. The van der Waals surface area contributed by atoms with Gasteiger partial charge in [-0.2, -0.15) is 0 Å². The zero-order valence-electron chi connectivity index (χ0n) is 20.6. The highest BCUT2D eigenvalue weighted by molar-refractivity contribution is 6.46. The van der Waals surface area contributed by atoms with Gasteiger partial charge in [-0.3, -0.25) is 14.5 Å². The van der Waals surface area contributed by atoms with Crippen molar-refractivity contribution >= 4 is 29.1 Å². The maximum atomic E-state index is 13.6. The van der Waals surface area contributed by atoms with E-state index in [0.717, 1.165) is 29.8 Å². The van der Waals surface area contributed by atoms with Crippen molar-refractivity contribution in [1.82, 2.24) is 9.80 Å². The van der Waals surface area contributed by atoms with Crippen LogP contribution in [0, 0.1) is 6.92 Å². The van der Waals surface area contributed by atoms with E-state index >= 15 is 0 Å². The number of nitrogens with zero attached hydrogens (tertiary/aromatic N) is 2. The highest BCUT2D eigenvalue weighted by Crippen LogP contribution is 2.41. The summed E-state index contributed by atoms with van der Waals surface area (Å²) in [5, 5.41) is 11.8. The Morgan fingerprint density at radius 2 is 1.62 bits per heavy atom. The molecule has 2 aliphatic rings. The molecule has 0 saturated carbocycles. The third kappa shape index (κ3) is 5.18. The fourth-order valence-electron chi connectivity index (χ4n) is 5.11. The van der Waals surface area contributed by atoms with Crippen molar-refractivity contribution in [2.75, 3.05) is 32.8 Å². The highest BCUT2D eigenvalue weighted by Gasteiger charge is 2.47. The third-order valence-corrected chi connectivity index (χ3v) is 7.34. The number of aliphatic hydroxyl groups excluding tert-OH is 1. The van der Waals surface area contributed by atoms with E-state index in [2.05, 4.69) is 4.90 Å². The van der Waals surface area contributed by atoms with Gasteiger partial charge in [0.15, 0.2) is 0 Å². The molecule has 5 rings (SSSR count). The number of aliphatic hydroxyl groups is 1. The zero-order chi connectivity index (χ0) is 25.9. The maximum absolute atomic E-state index is 13.6. The minimum atomic E-state index is -0.719. The number of rotatable bonds is 6. The van der Waals surface area contributed by atoms with E-state index < -0.39 is 17.7 Å². The van der Waals surface area contributed by atoms with Crippen LogP contribution in [0.15, 0.2) is 84.4 Å². The topological polar surface area (TPSA) is 70.1 Å². The van der Waals surface area contributed by atoms with Gasteiger partial charge in [0.25, 0.3) is 11.7 Å². The number of hydrogen-bond donors (Lipinski definition) is 1. The second kappa shape index (κ2) is 10.9. The standard InChI is InChI=1S/C30H29ClN2O4/c1-20-7-9-22(10-8-20)27-26(28(34)23-11-13-24(31)14-12-23)29(35)30(36)33(27)19-25(21-5-3-2-4-6-21)32-15-17-37-18-16-32/h2-14,25,27,34H,15-19H2,1H3/t25-,27-/m1/s1. The van der Waals surface area contributed by atoms with Crippen molar-refractivity contribution in [3.05, 3.63) is 112 Å². The first-order chi connectivity index (χ1) is 17.9. The Kier molecular flexibility index (Phi) is 7.42. The van der Waals surface area contributed by atoms with Gasteiger partial charge in [-0.1, -0.05) is 71.8 Å². The molecule has 0 aromatic heterocycles. The first-order valence-electron chi connectivity index (χ1n) is 12.4. The summed E-state index contributed by atoms with van der Waals surface area (Å²) in [6, 6.07) is 23.5. The van der Waals surface area contributed by atoms with Gasteiger partial charge in [-0.15, -0.1) is 0 Å². The van der Waals surface area contributed by atoms with Gasteiger partial charge in [0.1, 0.15) is 5.76 Å². The van der Waals surface area contributed by atoms with Crippen LogP contribution in [0.25, 0.3) is 5.76 Å². The van der Waals surface area contributed by atoms with Crippen molar-refractivity contribution in [2.45, 2.75) is 19.0 Å². The molecule has 0 aliphatic carbocycles. The fourth-order valence-corrected chi connectivity index (χ4v) is 5.24. The third-order valence-electron chi connectivity index (χ3n) is 7.09. The molecular weight excluding hydrogens is 488 g/mol. The van der Waals surface area contributed by atoms with Gasteiger partial charge < -0.3 is 14.7 Å². The van der Waals surface area contributed by atoms with Gasteiger partial charge in [-0.25, -0.2) is 0 Å². The van der Waals surface area contributed by atoms with Crippen molar-refractivity contribution in [2.24, 2.45) is 0 Å². The van der Waals surface area contributed by atoms with E-state index in [1.165, 1.54) is 0 Å². The van der Waals surface area contributed by atoms with E-state index in [1.54, 1.807) is 29.2 Å². The molecule has 3 aromatic carbocycles. The Morgan fingerprint density at radius 1 is 0.973 bits per heavy atom. The van der Waals surface area contributed by atoms with Crippen LogP contribution in [0.3, 0.4) is 0 Å². The Labute approximate surface area is 221 Å². The summed E-state index contributed by atoms with van der Waals surface area (Å²) in [5.41, 5.74) is 3.42. The second-order valence-corrected chi connectivity index (χ2v) is 9.88. The lowest BCUT2D eigenvalue weighted by Gasteiger charge is -2.38. The molecule has 37 heavy (non-hydrogen) atoms. The molecule has 0 radical (unpaired) electrons. The van der Waals surface area contributed by atoms with Crippen LogP contribution in [0.1, 0.15) is 34.3 Å². The number of hydrogen-bond acceptors (Lipinski definition) is 5. The maximum Gasteiger partial charge on any atom is 0.295 e. The van der Waals surface area contributed by atoms with Crippen LogP contribution in [0.5, 0.6) is 0 Å². The van der Waals surface area contributed by atoms with Crippen molar-refractivity contribution < 1.29 is 19.4 Å². The molecule has 1 amide bonds. The van der Waals surface area contributed by atoms with E-state index in [1.807, 2.05) is 61.5 Å². The molecule has 6 nitrogen and oxygen atoms in total. The molecule has 0 unspecified atom stereocenters. The van der Waals surface area contributed by atoms with E-state index in [4.69, 9.17) is 16.3 Å². The number of carbonyl (C=O) groups excluding carboxylic acids is 2. The van der Waals surface area contributed by atoms with Crippen molar-refractivity contribution in [3.8, 4) is 0 Å². The summed E-state index contributed by atoms with van der Waals surface area (Å²) in [6.07, 6.45) is 0. The number of aryl methyl sites for hydroxylation is 1. The Bertz CT molecular complexity index is 1300. The van der Waals surface area contributed by atoms with Gasteiger partial charge >= 0.3 is 0 Å². The summed E-state index contributed by atoms with van der Waals surface area (Å²) in [4.78, 5) is 31.0. The van der Waals surface area contributed by atoms with Crippen molar-refractivity contribution in [1.29, 1.82) is 0 Å². The van der Waals surface area contributed by atoms with Crippen LogP contribution < -0.4 is 0 Å². The van der Waals surface area contributed by atoms with Gasteiger partial charge in [0.2, 0.25) is 0 Å². The van der Waals surface area contributed by atoms with Crippen LogP contribution in [-0.4, -0.2) is 59.4 Å². The molecule has 7 heteroatoms. The predicted molar refractivity (Wildman–Crippen MR) is 143 cm³/mol. The number of halogens is 1. The number of carbonyl (C=O) groups is 2. The average Bonchev–Trinajstić information content (AvgIpc) is 3.18. The van der Waals surface area contributed by atoms with Gasteiger partial charge in [0, 0.05) is 30.2 Å². The van der Waals surface area contributed by atoms with Crippen LogP contribution in [-0.2, 0) is 14.3 Å². The average molecular weight is 517 g/mol. The highest BCUT2D eigenvalue weighted by atomic mass is 35.5. The van der Waals surface area contributed by atoms with Gasteiger partial charge in [-0.05, 0) is 42.3 Å². The molecule has 0 spiro atoms. The second-order valence-electron chi connectivity index (χ2n) is 9.44. The Morgan fingerprint density at radius 3 is 2.27 bits per heavy atom. The number of Topliss-reactive ketones (excluding diaryl/α,β-unsaturated/α-hetero) is 1. The molecule has 190 valence electrons. The normalized spacial score (nSPS) is 20.8. The molecule has 2 saturated heterocycles. The van der Waals surface area contributed by atoms with Crippen LogP contribution >= 0.6 is 11.6 Å². The molecular formula is C30H29ClN2O4. The molecule has 2 heterocycles. The quantitative estimate of drug-likeness (QED) is 0.279. The number of likely N-dealkylation sites (tertiary alicyclic amines) is 1. The van der Waals surface area contributed by atoms with E-state index in [0.29, 0.717) is 30.3 Å². The van der Waals surface area contributed by atoms with Crippen LogP contribution in [0.4, 0.5) is 0 Å². The minimum absolute atomic E-state index is 0.0879. The Hall–Kier alpha value is -3.45. The first kappa shape index (κ1) is 25.2. The molecule has 0 bridgehead atoms. The number of amides is 1. The summed E-state index contributed by atoms with van der Waals surface area (Å²) in [6.45, 7) is 4.95. The minimum Gasteiger partial charge on any atom is -0.507 e. The molecule has 3 aromatic rings.